The molecule has 2 heteroatoms. The van der Waals surface area contributed by atoms with Crippen LogP contribution in [0, 0.1) is 5.41 Å². The summed E-state index contributed by atoms with van der Waals surface area (Å²) in [5.74, 6) is 0. The SMILES string of the molecule is CCCC(CNC1CC1)N1CC=C(C(C)(C)C)CC1. The van der Waals surface area contributed by atoms with Gasteiger partial charge in [0.1, 0.15) is 0 Å². The Morgan fingerprint density at radius 3 is 2.58 bits per heavy atom. The van der Waals surface area contributed by atoms with E-state index in [-0.39, 0.29) is 0 Å². The third kappa shape index (κ3) is 4.61. The highest BCUT2D eigenvalue weighted by Crippen LogP contribution is 2.31. The molecule has 0 aromatic carbocycles. The van der Waals surface area contributed by atoms with E-state index in [2.05, 4.69) is 44.0 Å². The first kappa shape index (κ1) is 15.1. The first-order chi connectivity index (χ1) is 9.00. The summed E-state index contributed by atoms with van der Waals surface area (Å²) in [5.41, 5.74) is 2.01. The molecule has 19 heavy (non-hydrogen) atoms. The Morgan fingerprint density at radius 1 is 1.37 bits per heavy atom. The molecule has 1 saturated carbocycles. The minimum absolute atomic E-state index is 0.360. The van der Waals surface area contributed by atoms with Crippen molar-refractivity contribution in [2.45, 2.75) is 71.9 Å². The molecule has 0 amide bonds. The van der Waals surface area contributed by atoms with Crippen molar-refractivity contribution in [3.05, 3.63) is 11.6 Å². The molecular formula is C17H32N2. The molecule has 110 valence electrons. The largest absolute Gasteiger partial charge is 0.312 e. The predicted molar refractivity (Wildman–Crippen MR) is 83.4 cm³/mol. The Bertz CT molecular complexity index is 310. The summed E-state index contributed by atoms with van der Waals surface area (Å²) in [7, 11) is 0. The minimum atomic E-state index is 0.360. The monoisotopic (exact) mass is 264 g/mol. The van der Waals surface area contributed by atoms with Gasteiger partial charge in [0.2, 0.25) is 0 Å². The van der Waals surface area contributed by atoms with E-state index in [1.54, 1.807) is 5.57 Å². The summed E-state index contributed by atoms with van der Waals surface area (Å²) in [6, 6.07) is 1.58. The van der Waals surface area contributed by atoms with Crippen LogP contribution in [0.1, 0.15) is 59.8 Å². The van der Waals surface area contributed by atoms with Gasteiger partial charge in [-0.15, -0.1) is 0 Å². The average molecular weight is 264 g/mol. The van der Waals surface area contributed by atoms with E-state index in [0.29, 0.717) is 5.41 Å². The molecule has 1 N–H and O–H groups in total. The third-order valence-electron chi connectivity index (χ3n) is 4.56. The van der Waals surface area contributed by atoms with E-state index >= 15 is 0 Å². The number of nitrogens with one attached hydrogen (secondary N) is 1. The van der Waals surface area contributed by atoms with Crippen LogP contribution in [0.2, 0.25) is 0 Å². The van der Waals surface area contributed by atoms with Gasteiger partial charge in [-0.2, -0.15) is 0 Å². The van der Waals surface area contributed by atoms with Crippen molar-refractivity contribution in [1.82, 2.24) is 10.2 Å². The third-order valence-corrected chi connectivity index (χ3v) is 4.56. The van der Waals surface area contributed by atoms with Crippen LogP contribution >= 0.6 is 0 Å². The highest BCUT2D eigenvalue weighted by Gasteiger charge is 2.27. The molecule has 0 bridgehead atoms. The molecule has 0 aromatic heterocycles. The molecule has 2 aliphatic rings. The maximum Gasteiger partial charge on any atom is 0.0224 e. The average Bonchev–Trinajstić information content (AvgIpc) is 3.17. The van der Waals surface area contributed by atoms with Crippen molar-refractivity contribution in [3.8, 4) is 0 Å². The van der Waals surface area contributed by atoms with Crippen molar-refractivity contribution in [2.75, 3.05) is 19.6 Å². The zero-order valence-corrected chi connectivity index (χ0v) is 13.3. The maximum atomic E-state index is 3.72. The number of rotatable bonds is 6. The Morgan fingerprint density at radius 2 is 2.11 bits per heavy atom. The first-order valence-electron chi connectivity index (χ1n) is 8.17. The van der Waals surface area contributed by atoms with Gasteiger partial charge in [-0.3, -0.25) is 4.90 Å². The van der Waals surface area contributed by atoms with Crippen molar-refractivity contribution in [2.24, 2.45) is 5.41 Å². The summed E-state index contributed by atoms with van der Waals surface area (Å²) in [5, 5.41) is 3.72. The van der Waals surface area contributed by atoms with Crippen LogP contribution in [-0.4, -0.2) is 36.6 Å². The Hall–Kier alpha value is -0.340. The molecule has 1 heterocycles. The second-order valence-corrected chi connectivity index (χ2v) is 7.35. The van der Waals surface area contributed by atoms with Gasteiger partial charge in [-0.05, 0) is 31.1 Å². The molecule has 2 nitrogen and oxygen atoms in total. The predicted octanol–water partition coefficient (Wildman–Crippen LogP) is 3.59. The highest BCUT2D eigenvalue weighted by atomic mass is 15.2. The summed E-state index contributed by atoms with van der Waals surface area (Å²) in [4.78, 5) is 2.69. The lowest BCUT2D eigenvalue weighted by Crippen LogP contribution is -2.45. The van der Waals surface area contributed by atoms with Crippen LogP contribution < -0.4 is 5.32 Å². The molecule has 1 aliphatic carbocycles. The topological polar surface area (TPSA) is 15.3 Å². The highest BCUT2D eigenvalue weighted by molar-refractivity contribution is 5.15. The van der Waals surface area contributed by atoms with Gasteiger partial charge < -0.3 is 5.32 Å². The van der Waals surface area contributed by atoms with Crippen LogP contribution in [0.3, 0.4) is 0 Å². The molecular weight excluding hydrogens is 232 g/mol. The summed E-state index contributed by atoms with van der Waals surface area (Å²) in [6.07, 6.45) is 9.16. The smallest absolute Gasteiger partial charge is 0.0224 e. The zero-order chi connectivity index (χ0) is 13.9. The summed E-state index contributed by atoms with van der Waals surface area (Å²) >= 11 is 0. The molecule has 1 fully saturated rings. The lowest BCUT2D eigenvalue weighted by molar-refractivity contribution is 0.188. The molecule has 1 atom stereocenters. The Labute approximate surface area is 119 Å². The number of hydrogen-bond acceptors (Lipinski definition) is 2. The van der Waals surface area contributed by atoms with E-state index in [4.69, 9.17) is 0 Å². The lowest BCUT2D eigenvalue weighted by atomic mass is 9.82. The van der Waals surface area contributed by atoms with Crippen molar-refractivity contribution in [3.63, 3.8) is 0 Å². The van der Waals surface area contributed by atoms with Crippen LogP contribution in [0.25, 0.3) is 0 Å². The fourth-order valence-corrected chi connectivity index (χ4v) is 3.03. The van der Waals surface area contributed by atoms with E-state index in [1.807, 2.05) is 0 Å². The van der Waals surface area contributed by atoms with Gasteiger partial charge in [-0.1, -0.05) is 45.8 Å². The summed E-state index contributed by atoms with van der Waals surface area (Å²) in [6.45, 7) is 12.9. The standard InChI is InChI=1S/C17H32N2/c1-5-6-16(13-18-15-7-8-15)19-11-9-14(10-12-19)17(2,3)4/h9,15-16,18H,5-8,10-13H2,1-4H3. The minimum Gasteiger partial charge on any atom is -0.312 e. The van der Waals surface area contributed by atoms with E-state index in [1.165, 1.54) is 45.2 Å². The molecule has 0 radical (unpaired) electrons. The molecule has 0 spiro atoms. The molecule has 2 rings (SSSR count). The fourth-order valence-electron chi connectivity index (χ4n) is 3.03. The molecule has 1 unspecified atom stereocenters. The fraction of sp³-hybridized carbons (Fsp3) is 0.882. The maximum absolute atomic E-state index is 3.72. The van der Waals surface area contributed by atoms with Crippen molar-refractivity contribution >= 4 is 0 Å². The number of hydrogen-bond donors (Lipinski definition) is 1. The molecule has 0 saturated heterocycles. The molecule has 1 aliphatic heterocycles. The van der Waals surface area contributed by atoms with Crippen molar-refractivity contribution < 1.29 is 0 Å². The van der Waals surface area contributed by atoms with Gasteiger partial charge in [-0.25, -0.2) is 0 Å². The lowest BCUT2D eigenvalue weighted by Gasteiger charge is -2.37. The quantitative estimate of drug-likeness (QED) is 0.738. The van der Waals surface area contributed by atoms with Gasteiger partial charge in [0.15, 0.2) is 0 Å². The van der Waals surface area contributed by atoms with Crippen molar-refractivity contribution in [1.29, 1.82) is 0 Å². The Balaban J connectivity index is 1.86. The van der Waals surface area contributed by atoms with E-state index in [0.717, 1.165) is 18.6 Å². The second-order valence-electron chi connectivity index (χ2n) is 7.35. The zero-order valence-electron chi connectivity index (χ0n) is 13.3. The van der Waals surface area contributed by atoms with Crippen LogP contribution in [0.15, 0.2) is 11.6 Å². The number of nitrogens with zero attached hydrogens (tertiary/aromatic N) is 1. The summed E-state index contributed by atoms with van der Waals surface area (Å²) < 4.78 is 0. The van der Waals surface area contributed by atoms with Gasteiger partial charge >= 0.3 is 0 Å². The van der Waals surface area contributed by atoms with Gasteiger partial charge in [0.05, 0.1) is 0 Å². The van der Waals surface area contributed by atoms with Gasteiger partial charge in [0.25, 0.3) is 0 Å². The van der Waals surface area contributed by atoms with Crippen LogP contribution in [0.4, 0.5) is 0 Å². The molecule has 0 aromatic rings. The normalized spacial score (nSPS) is 23.3. The Kier molecular flexibility index (Phi) is 5.08. The van der Waals surface area contributed by atoms with Crippen LogP contribution in [0.5, 0.6) is 0 Å². The van der Waals surface area contributed by atoms with Gasteiger partial charge in [0, 0.05) is 31.7 Å². The first-order valence-corrected chi connectivity index (χ1v) is 8.17. The second kappa shape index (κ2) is 6.41. The van der Waals surface area contributed by atoms with E-state index < -0.39 is 0 Å². The van der Waals surface area contributed by atoms with E-state index in [9.17, 15) is 0 Å². The van der Waals surface area contributed by atoms with Crippen LogP contribution in [-0.2, 0) is 0 Å².